The van der Waals surface area contributed by atoms with E-state index in [9.17, 15) is 15.6 Å². The van der Waals surface area contributed by atoms with Gasteiger partial charge in [0.25, 0.3) is 5.69 Å². The van der Waals surface area contributed by atoms with Crippen LogP contribution in [-0.2, 0) is 0 Å². The quantitative estimate of drug-likeness (QED) is 0.295. The number of hydrogen-bond acceptors (Lipinski definition) is 11. The van der Waals surface area contributed by atoms with E-state index in [1.165, 1.54) is 0 Å². The normalized spacial score (nSPS) is 13.8. The number of hydrogen-bond donors (Lipinski definition) is 6. The molecule has 14 heteroatoms. The van der Waals surface area contributed by atoms with Gasteiger partial charge in [-0.1, -0.05) is 5.10 Å². The Bertz CT molecular complexity index is 411. The van der Waals surface area contributed by atoms with E-state index < -0.39 is 32.1 Å². The summed E-state index contributed by atoms with van der Waals surface area (Å²) >= 11 is 0. The van der Waals surface area contributed by atoms with E-state index >= 15 is 0 Å². The lowest BCUT2D eigenvalue weighted by molar-refractivity contribution is -0.279. The number of quaternary nitrogens is 3. The van der Waals surface area contributed by atoms with Gasteiger partial charge in [0.15, 0.2) is 0 Å². The molecule has 102 valence electrons. The maximum Gasteiger partial charge on any atom is 0.389 e. The fraction of sp³-hybridized carbons (Fsp3) is 0. The van der Waals surface area contributed by atoms with Crippen LogP contribution in [0.25, 0.3) is 0 Å². The Kier molecular flexibility index (Phi) is 3.31. The summed E-state index contributed by atoms with van der Waals surface area (Å²) in [7, 11) is 0. The van der Waals surface area contributed by atoms with Crippen molar-refractivity contribution < 1.29 is 31.2 Å². The third-order valence-corrected chi connectivity index (χ3v) is 1.67. The van der Waals surface area contributed by atoms with Gasteiger partial charge in [-0.15, -0.1) is 5.10 Å². The van der Waals surface area contributed by atoms with Gasteiger partial charge in [0.05, 0.1) is 0 Å². The van der Waals surface area contributed by atoms with Gasteiger partial charge in [-0.05, 0) is 14.9 Å². The summed E-state index contributed by atoms with van der Waals surface area (Å²) in [5, 5.41) is 89.9. The molecular formula is C4H7N5O9. The Hall–Kier alpha value is -1.40. The van der Waals surface area contributed by atoms with E-state index in [4.69, 9.17) is 31.2 Å². The minimum absolute atomic E-state index is 0.193. The van der Waals surface area contributed by atoms with Crippen LogP contribution in [0.2, 0.25) is 0 Å². The molecule has 1 aromatic heterocycles. The summed E-state index contributed by atoms with van der Waals surface area (Å²) in [5.74, 6) is -1.76. The van der Waals surface area contributed by atoms with Crippen LogP contribution in [0, 0.1) is 15.6 Å². The van der Waals surface area contributed by atoms with Crippen molar-refractivity contribution in [3.05, 3.63) is 21.8 Å². The van der Waals surface area contributed by atoms with Crippen LogP contribution in [-0.4, -0.2) is 41.4 Å². The third kappa shape index (κ3) is 2.88. The predicted molar refractivity (Wildman–Crippen MR) is 48.2 cm³/mol. The average molecular weight is 269 g/mol. The summed E-state index contributed by atoms with van der Waals surface area (Å²) in [4.78, 5) is -10.4. The molecule has 0 saturated carbocycles. The average Bonchev–Trinajstić information content (AvgIpc) is 2.12. The van der Waals surface area contributed by atoms with E-state index in [0.29, 0.717) is 0 Å². The molecule has 0 fully saturated rings. The second-order valence-electron chi connectivity index (χ2n) is 3.03. The van der Waals surface area contributed by atoms with E-state index in [1.807, 2.05) is 0 Å². The van der Waals surface area contributed by atoms with Crippen molar-refractivity contribution in [3.8, 4) is 0 Å². The lowest BCUT2D eigenvalue weighted by Gasteiger charge is -2.31. The van der Waals surface area contributed by atoms with E-state index in [2.05, 4.69) is 10.2 Å². The zero-order valence-electron chi connectivity index (χ0n) is 8.22. The van der Waals surface area contributed by atoms with Gasteiger partial charge < -0.3 is 15.6 Å². The Balaban J connectivity index is 3.68. The Labute approximate surface area is 96.5 Å². The maximum atomic E-state index is 10.9. The lowest BCUT2D eigenvalue weighted by atomic mass is 10.3. The fourth-order valence-electron chi connectivity index (χ4n) is 1.05. The number of rotatable bonds is 3. The van der Waals surface area contributed by atoms with Crippen molar-refractivity contribution in [2.45, 2.75) is 0 Å². The molecule has 0 aromatic carbocycles. The SMILES string of the molecule is [O-][N+](O)(O)c1cnnc([N+]([O-])(O)O)c1[N+]([O-])(O)O. The maximum absolute atomic E-state index is 10.9. The van der Waals surface area contributed by atoms with Crippen LogP contribution in [0.1, 0.15) is 0 Å². The highest BCUT2D eigenvalue weighted by Gasteiger charge is 2.44. The van der Waals surface area contributed by atoms with Crippen molar-refractivity contribution in [2.75, 3.05) is 0 Å². The van der Waals surface area contributed by atoms with E-state index in [0.717, 1.165) is 0 Å². The van der Waals surface area contributed by atoms with Crippen LogP contribution in [0.4, 0.5) is 17.2 Å². The first kappa shape index (κ1) is 14.7. The van der Waals surface area contributed by atoms with Crippen LogP contribution >= 0.6 is 0 Å². The van der Waals surface area contributed by atoms with Crippen LogP contribution < -0.4 is 14.9 Å². The molecule has 1 rings (SSSR count). The molecule has 1 heterocycles. The summed E-state index contributed by atoms with van der Waals surface area (Å²) in [5.41, 5.74) is -3.40. The first-order chi connectivity index (χ1) is 7.85. The van der Waals surface area contributed by atoms with Gasteiger partial charge >= 0.3 is 11.5 Å². The van der Waals surface area contributed by atoms with Crippen molar-refractivity contribution in [3.63, 3.8) is 0 Å². The molecule has 18 heavy (non-hydrogen) atoms. The van der Waals surface area contributed by atoms with Crippen molar-refractivity contribution >= 4 is 17.2 Å². The largest absolute Gasteiger partial charge is 0.559 e. The molecule has 14 nitrogen and oxygen atoms in total. The molecule has 0 bridgehead atoms. The van der Waals surface area contributed by atoms with Crippen LogP contribution in [0.15, 0.2) is 6.20 Å². The monoisotopic (exact) mass is 269 g/mol. The molecule has 0 spiro atoms. The predicted octanol–water partition coefficient (Wildman–Crippen LogP) is -0.773. The molecule has 0 aliphatic carbocycles. The Morgan fingerprint density at radius 3 is 1.67 bits per heavy atom. The zero-order valence-corrected chi connectivity index (χ0v) is 8.22. The first-order valence-electron chi connectivity index (χ1n) is 3.89. The fourth-order valence-corrected chi connectivity index (χ4v) is 1.05. The molecule has 0 amide bonds. The Morgan fingerprint density at radius 2 is 1.33 bits per heavy atom. The second kappa shape index (κ2) is 4.07. The van der Waals surface area contributed by atoms with Gasteiger partial charge in [-0.2, -0.15) is 31.2 Å². The first-order valence-corrected chi connectivity index (χ1v) is 3.89. The van der Waals surface area contributed by atoms with Crippen LogP contribution in [0.5, 0.6) is 0 Å². The molecule has 0 aliphatic heterocycles. The summed E-state index contributed by atoms with van der Waals surface area (Å²) in [6.45, 7) is 0. The van der Waals surface area contributed by atoms with Crippen molar-refractivity contribution in [1.29, 1.82) is 0 Å². The highest BCUT2D eigenvalue weighted by Crippen LogP contribution is 2.40. The minimum Gasteiger partial charge on any atom is -0.559 e. The minimum atomic E-state index is -3.55. The van der Waals surface area contributed by atoms with Gasteiger partial charge in [-0.3, -0.25) is 0 Å². The van der Waals surface area contributed by atoms with Crippen LogP contribution in [0.3, 0.4) is 0 Å². The highest BCUT2D eigenvalue weighted by molar-refractivity contribution is 5.73. The lowest BCUT2D eigenvalue weighted by Crippen LogP contribution is -2.45. The topological polar surface area (TPSA) is 216 Å². The highest BCUT2D eigenvalue weighted by atomic mass is 17.1. The second-order valence-corrected chi connectivity index (χ2v) is 3.03. The number of aromatic nitrogens is 2. The van der Waals surface area contributed by atoms with Crippen molar-refractivity contribution in [2.24, 2.45) is 0 Å². The molecule has 0 aliphatic rings. The van der Waals surface area contributed by atoms with Gasteiger partial charge in [0.1, 0.15) is 6.20 Å². The summed E-state index contributed by atoms with van der Waals surface area (Å²) < 4.78 is 0. The molecular weight excluding hydrogens is 262 g/mol. The van der Waals surface area contributed by atoms with Gasteiger partial charge in [0, 0.05) is 0 Å². The zero-order chi connectivity index (χ0) is 14.4. The van der Waals surface area contributed by atoms with Crippen molar-refractivity contribution in [1.82, 2.24) is 25.1 Å². The number of nitrogens with zero attached hydrogens (tertiary/aromatic N) is 5. The smallest absolute Gasteiger partial charge is 0.389 e. The molecule has 1 aromatic rings. The molecule has 0 radical (unpaired) electrons. The summed E-state index contributed by atoms with van der Waals surface area (Å²) in [6, 6.07) is 0. The molecule has 0 atom stereocenters. The summed E-state index contributed by atoms with van der Waals surface area (Å²) in [6.07, 6.45) is 0.193. The Morgan fingerprint density at radius 1 is 0.833 bits per heavy atom. The van der Waals surface area contributed by atoms with E-state index in [1.54, 1.807) is 0 Å². The molecule has 0 saturated heterocycles. The van der Waals surface area contributed by atoms with Gasteiger partial charge in [0.2, 0.25) is 0 Å². The molecule has 0 unspecified atom stereocenters. The van der Waals surface area contributed by atoms with Gasteiger partial charge in [-0.25, -0.2) is 0 Å². The standard InChI is InChI=1S/C4H7N5O9/c10-7(11,12)2-1-5-6-4(9(16,17)18)3(2)8(13,14)15/h1,10-11,13-14,16-17H. The molecule has 6 N–H and O–H groups in total. The third-order valence-electron chi connectivity index (χ3n) is 1.67. The van der Waals surface area contributed by atoms with E-state index in [-0.39, 0.29) is 6.20 Å².